The van der Waals surface area contributed by atoms with Crippen molar-refractivity contribution in [3.8, 4) is 0 Å². The maximum absolute atomic E-state index is 13.8. The van der Waals surface area contributed by atoms with Crippen LogP contribution in [0.3, 0.4) is 0 Å². The van der Waals surface area contributed by atoms with E-state index in [0.717, 1.165) is 18.7 Å². The van der Waals surface area contributed by atoms with Gasteiger partial charge in [-0.15, -0.1) is 0 Å². The molecule has 1 unspecified atom stereocenters. The van der Waals surface area contributed by atoms with Crippen molar-refractivity contribution in [2.75, 3.05) is 50.7 Å². The van der Waals surface area contributed by atoms with Crippen molar-refractivity contribution >= 4 is 53.5 Å². The quantitative estimate of drug-likeness (QED) is 0.541. The number of benzene rings is 2. The summed E-state index contributed by atoms with van der Waals surface area (Å²) < 4.78 is 12.2. The van der Waals surface area contributed by atoms with Crippen LogP contribution < -0.4 is 4.90 Å². The molecule has 1 fully saturated rings. The van der Waals surface area contributed by atoms with E-state index in [0.29, 0.717) is 57.9 Å². The number of carbonyl (C=O) groups is 1. The lowest BCUT2D eigenvalue weighted by Gasteiger charge is -2.36. The second-order valence-corrected chi connectivity index (χ2v) is 13.7. The summed E-state index contributed by atoms with van der Waals surface area (Å²) in [5.41, 5.74) is 3.05. The Hall–Kier alpha value is -2.28. The number of halogens is 2. The van der Waals surface area contributed by atoms with Crippen molar-refractivity contribution in [1.29, 1.82) is 0 Å². The number of amidine groups is 1. The average molecular weight is 530 g/mol. The van der Waals surface area contributed by atoms with Crippen molar-refractivity contribution in [3.05, 3.63) is 75.9 Å². The summed E-state index contributed by atoms with van der Waals surface area (Å²) in [7, 11) is -2.14. The first-order valence-corrected chi connectivity index (χ1v) is 14.9. The fraction of sp³-hybridized carbons (Fsp3) is 0.320. The number of amides is 1. The van der Waals surface area contributed by atoms with E-state index < -0.39 is 13.3 Å². The minimum absolute atomic E-state index is 0.148. The van der Waals surface area contributed by atoms with Crippen LogP contribution in [0.25, 0.3) is 0 Å². The molecule has 10 heteroatoms. The van der Waals surface area contributed by atoms with Crippen molar-refractivity contribution in [1.82, 2.24) is 9.80 Å². The van der Waals surface area contributed by atoms with Crippen LogP contribution in [0.5, 0.6) is 0 Å². The van der Waals surface area contributed by atoms with Crippen molar-refractivity contribution < 1.29 is 9.36 Å². The second kappa shape index (κ2) is 9.30. The first kappa shape index (κ1) is 24.4. The summed E-state index contributed by atoms with van der Waals surface area (Å²) in [5.74, 6) is 0.283. The predicted octanol–water partition coefficient (Wildman–Crippen LogP) is 4.63. The molecule has 0 spiro atoms. The maximum Gasteiger partial charge on any atom is 0.272 e. The Labute approximate surface area is 215 Å². The zero-order valence-electron chi connectivity index (χ0n) is 19.6. The standard InChI is InChI=1S/C25H26Cl2N5O2P/c1-16-23-29-24(31-12-10-30(11-13-31)15-35(2,3)34)25(33)32(23)21-9-8-17(26)14-19(21)22(28-16)18-6-4-5-7-20(18)27/h4-9,14,24H,1,10-13,15H2,2-3H3. The first-order chi connectivity index (χ1) is 16.6. The van der Waals surface area contributed by atoms with E-state index in [1.165, 1.54) is 0 Å². The molecule has 1 saturated heterocycles. The minimum Gasteiger partial charge on any atom is -0.323 e. The number of aliphatic imine (C=N–C) groups is 2. The van der Waals surface area contributed by atoms with Crippen LogP contribution in [-0.2, 0) is 9.36 Å². The Balaban J connectivity index is 1.50. The summed E-state index contributed by atoms with van der Waals surface area (Å²) in [6.45, 7) is 10.6. The number of nitrogens with zero attached hydrogens (tertiary/aromatic N) is 5. The molecular weight excluding hydrogens is 504 g/mol. The lowest BCUT2D eigenvalue weighted by molar-refractivity contribution is -0.122. The third-order valence-corrected chi connectivity index (χ3v) is 7.93. The molecule has 3 aliphatic heterocycles. The van der Waals surface area contributed by atoms with Crippen molar-refractivity contribution in [2.24, 2.45) is 9.98 Å². The zero-order chi connectivity index (χ0) is 24.9. The molecule has 0 bridgehead atoms. The van der Waals surface area contributed by atoms with Gasteiger partial charge in [0.05, 0.1) is 30.5 Å². The third kappa shape index (κ3) is 4.76. The van der Waals surface area contributed by atoms with Gasteiger partial charge in [-0.3, -0.25) is 19.5 Å². The molecule has 182 valence electrons. The highest BCUT2D eigenvalue weighted by Gasteiger charge is 2.43. The summed E-state index contributed by atoms with van der Waals surface area (Å²) in [4.78, 5) is 29.2. The van der Waals surface area contributed by atoms with Gasteiger partial charge in [-0.25, -0.2) is 9.98 Å². The van der Waals surface area contributed by atoms with Crippen molar-refractivity contribution in [3.63, 3.8) is 0 Å². The third-order valence-electron chi connectivity index (χ3n) is 6.28. The van der Waals surface area contributed by atoms with E-state index >= 15 is 0 Å². The van der Waals surface area contributed by atoms with E-state index in [4.69, 9.17) is 33.2 Å². The fourth-order valence-electron chi connectivity index (χ4n) is 4.75. The second-order valence-electron chi connectivity index (χ2n) is 9.42. The van der Waals surface area contributed by atoms with Gasteiger partial charge < -0.3 is 4.57 Å². The van der Waals surface area contributed by atoms with Crippen LogP contribution in [-0.4, -0.2) is 79.2 Å². The average Bonchev–Trinajstić information content (AvgIpc) is 3.08. The molecule has 0 radical (unpaired) electrons. The molecule has 3 heterocycles. The van der Waals surface area contributed by atoms with Crippen LogP contribution in [0, 0.1) is 0 Å². The monoisotopic (exact) mass is 529 g/mol. The molecule has 0 aliphatic carbocycles. The fourth-order valence-corrected chi connectivity index (χ4v) is 6.39. The summed E-state index contributed by atoms with van der Waals surface area (Å²) in [6, 6.07) is 12.8. The number of hydrogen-bond acceptors (Lipinski definition) is 6. The normalized spacial score (nSPS) is 21.4. The highest BCUT2D eigenvalue weighted by Crippen LogP contribution is 2.38. The molecule has 5 rings (SSSR count). The summed E-state index contributed by atoms with van der Waals surface area (Å²) in [5, 5.41) is 1.07. The largest absolute Gasteiger partial charge is 0.323 e. The molecule has 0 aromatic heterocycles. The highest BCUT2D eigenvalue weighted by molar-refractivity contribution is 7.62. The first-order valence-electron chi connectivity index (χ1n) is 11.4. The van der Waals surface area contributed by atoms with Crippen LogP contribution in [0.2, 0.25) is 10.0 Å². The predicted molar refractivity (Wildman–Crippen MR) is 144 cm³/mol. The molecule has 2 aromatic carbocycles. The topological polar surface area (TPSA) is 68.6 Å². The van der Waals surface area contributed by atoms with Gasteiger partial charge in [0.2, 0.25) is 0 Å². The molecule has 1 atom stereocenters. The van der Waals surface area contributed by atoms with Gasteiger partial charge in [-0.05, 0) is 37.6 Å². The number of carbonyl (C=O) groups excluding carboxylic acids is 1. The van der Waals surface area contributed by atoms with E-state index in [-0.39, 0.29) is 5.91 Å². The van der Waals surface area contributed by atoms with Crippen LogP contribution in [0.15, 0.2) is 64.7 Å². The van der Waals surface area contributed by atoms with Crippen LogP contribution in [0.4, 0.5) is 5.69 Å². The van der Waals surface area contributed by atoms with E-state index in [9.17, 15) is 9.36 Å². The van der Waals surface area contributed by atoms with Gasteiger partial charge >= 0.3 is 0 Å². The number of rotatable bonds is 4. The SMILES string of the molecule is C=C1N=C(c2ccccc2Cl)c2cc(Cl)ccc2N2C(=O)C(N3CCN(CP(C)(C)=O)CC3)N=C12. The smallest absolute Gasteiger partial charge is 0.272 e. The van der Waals surface area contributed by atoms with Gasteiger partial charge in [0.15, 0.2) is 12.0 Å². The van der Waals surface area contributed by atoms with Crippen LogP contribution in [0.1, 0.15) is 11.1 Å². The molecule has 3 aliphatic rings. The molecule has 0 saturated carbocycles. The lowest BCUT2D eigenvalue weighted by Crippen LogP contribution is -2.53. The summed E-state index contributed by atoms with van der Waals surface area (Å²) in [6.07, 6.45) is -0.0653. The Bertz CT molecular complexity index is 1330. The van der Waals surface area contributed by atoms with Gasteiger partial charge in [-0.1, -0.05) is 48.0 Å². The molecule has 0 N–H and O–H groups in total. The van der Waals surface area contributed by atoms with E-state index in [1.807, 2.05) is 24.3 Å². The van der Waals surface area contributed by atoms with Gasteiger partial charge in [0, 0.05) is 47.4 Å². The van der Waals surface area contributed by atoms with Crippen molar-refractivity contribution in [2.45, 2.75) is 6.17 Å². The van der Waals surface area contributed by atoms with Gasteiger partial charge in [0.1, 0.15) is 0 Å². The summed E-state index contributed by atoms with van der Waals surface area (Å²) >= 11 is 12.9. The van der Waals surface area contributed by atoms with Gasteiger partial charge in [-0.2, -0.15) is 0 Å². The number of anilines is 1. The van der Waals surface area contributed by atoms with Crippen LogP contribution >= 0.6 is 30.3 Å². The Morgan fingerprint density at radius 1 is 1.06 bits per heavy atom. The molecule has 7 nitrogen and oxygen atoms in total. The lowest BCUT2D eigenvalue weighted by atomic mass is 10.00. The van der Waals surface area contributed by atoms with E-state index in [2.05, 4.69) is 16.4 Å². The molecule has 2 aromatic rings. The number of hydrogen-bond donors (Lipinski definition) is 0. The zero-order valence-corrected chi connectivity index (χ0v) is 22.0. The molecule has 35 heavy (non-hydrogen) atoms. The number of fused-ring (bicyclic) bond motifs is 3. The highest BCUT2D eigenvalue weighted by atomic mass is 35.5. The Morgan fingerprint density at radius 2 is 1.77 bits per heavy atom. The Morgan fingerprint density at radius 3 is 2.46 bits per heavy atom. The molecular formula is C25H26Cl2N5O2P. The number of piperazine rings is 1. The van der Waals surface area contributed by atoms with Gasteiger partial charge in [0.25, 0.3) is 5.91 Å². The minimum atomic E-state index is -2.14. The molecule has 1 amide bonds. The Kier molecular flexibility index (Phi) is 6.49. The van der Waals surface area contributed by atoms with E-state index in [1.54, 1.807) is 36.4 Å². The maximum atomic E-state index is 13.8.